The van der Waals surface area contributed by atoms with E-state index < -0.39 is 0 Å². The normalized spacial score (nSPS) is 19.7. The maximum atomic E-state index is 5.82. The van der Waals surface area contributed by atoms with Crippen LogP contribution < -0.4 is 5.73 Å². The van der Waals surface area contributed by atoms with Crippen LogP contribution in [0.25, 0.3) is 10.9 Å². The Morgan fingerprint density at radius 2 is 2.33 bits per heavy atom. The molecule has 3 rings (SSSR count). The van der Waals surface area contributed by atoms with Gasteiger partial charge in [0, 0.05) is 29.2 Å². The van der Waals surface area contributed by atoms with Crippen molar-refractivity contribution in [3.05, 3.63) is 35.5 Å². The van der Waals surface area contributed by atoms with Gasteiger partial charge in [0.1, 0.15) is 0 Å². The average molecular weight is 200 g/mol. The molecule has 1 unspecified atom stereocenters. The van der Waals surface area contributed by atoms with Crippen LogP contribution in [0.5, 0.6) is 0 Å². The van der Waals surface area contributed by atoms with Gasteiger partial charge < -0.3 is 10.3 Å². The van der Waals surface area contributed by atoms with Crippen molar-refractivity contribution in [2.75, 3.05) is 6.54 Å². The van der Waals surface area contributed by atoms with Gasteiger partial charge in [-0.1, -0.05) is 12.1 Å². The maximum absolute atomic E-state index is 5.82. The molecule has 0 aliphatic carbocycles. The Morgan fingerprint density at radius 3 is 3.13 bits per heavy atom. The monoisotopic (exact) mass is 200 g/mol. The molecule has 15 heavy (non-hydrogen) atoms. The van der Waals surface area contributed by atoms with Crippen LogP contribution >= 0.6 is 0 Å². The summed E-state index contributed by atoms with van der Waals surface area (Å²) in [4.78, 5) is 0. The predicted octanol–water partition coefficient (Wildman–Crippen LogP) is 2.40. The van der Waals surface area contributed by atoms with E-state index in [0.717, 1.165) is 6.54 Å². The number of aryl methyl sites for hydroxylation is 2. The van der Waals surface area contributed by atoms with E-state index in [1.807, 2.05) is 0 Å². The lowest BCUT2D eigenvalue weighted by molar-refractivity contribution is 0.553. The summed E-state index contributed by atoms with van der Waals surface area (Å²) in [5.41, 5.74) is 9.99. The molecule has 1 aliphatic rings. The fraction of sp³-hybridized carbons (Fsp3) is 0.385. The Bertz CT molecular complexity index is 510. The van der Waals surface area contributed by atoms with Crippen LogP contribution in [0.2, 0.25) is 0 Å². The van der Waals surface area contributed by atoms with Crippen LogP contribution in [0.4, 0.5) is 0 Å². The van der Waals surface area contributed by atoms with E-state index >= 15 is 0 Å². The van der Waals surface area contributed by atoms with Crippen molar-refractivity contribution in [1.82, 2.24) is 4.57 Å². The summed E-state index contributed by atoms with van der Waals surface area (Å²) < 4.78 is 2.43. The molecule has 0 radical (unpaired) electrons. The van der Waals surface area contributed by atoms with Crippen LogP contribution in [-0.4, -0.2) is 11.1 Å². The molecule has 0 fully saturated rings. The number of fused-ring (bicyclic) bond motifs is 3. The van der Waals surface area contributed by atoms with Gasteiger partial charge >= 0.3 is 0 Å². The van der Waals surface area contributed by atoms with Crippen molar-refractivity contribution in [1.29, 1.82) is 0 Å². The quantitative estimate of drug-likeness (QED) is 0.753. The lowest BCUT2D eigenvalue weighted by atomic mass is 10.1. The first-order valence-corrected chi connectivity index (χ1v) is 5.61. The molecular weight excluding hydrogens is 184 g/mol. The number of nitrogens with two attached hydrogens (primary N) is 1. The zero-order chi connectivity index (χ0) is 10.4. The number of rotatable bonds is 1. The fourth-order valence-corrected chi connectivity index (χ4v) is 2.74. The third-order valence-electron chi connectivity index (χ3n) is 3.55. The van der Waals surface area contributed by atoms with Crippen molar-refractivity contribution >= 4 is 10.9 Å². The van der Waals surface area contributed by atoms with E-state index in [4.69, 9.17) is 5.73 Å². The van der Waals surface area contributed by atoms with Crippen molar-refractivity contribution in [3.8, 4) is 0 Å². The van der Waals surface area contributed by atoms with Gasteiger partial charge in [0.2, 0.25) is 0 Å². The average Bonchev–Trinajstić information content (AvgIpc) is 2.77. The summed E-state index contributed by atoms with van der Waals surface area (Å²) in [5.74, 6) is 0. The van der Waals surface area contributed by atoms with E-state index in [0.29, 0.717) is 6.04 Å². The molecule has 2 nitrogen and oxygen atoms in total. The van der Waals surface area contributed by atoms with Gasteiger partial charge in [-0.25, -0.2) is 0 Å². The summed E-state index contributed by atoms with van der Waals surface area (Å²) in [7, 11) is 0. The highest BCUT2D eigenvalue weighted by molar-refractivity contribution is 5.85. The number of nitrogens with zero attached hydrogens (tertiary/aromatic N) is 1. The molecule has 2 N–H and O–H groups in total. The fourth-order valence-electron chi connectivity index (χ4n) is 2.74. The smallest absolute Gasteiger partial charge is 0.0488 e. The highest BCUT2D eigenvalue weighted by Gasteiger charge is 2.23. The van der Waals surface area contributed by atoms with Gasteiger partial charge in [0.15, 0.2) is 0 Å². The molecule has 0 bridgehead atoms. The Balaban J connectivity index is 2.32. The van der Waals surface area contributed by atoms with Gasteiger partial charge in [-0.15, -0.1) is 0 Å². The standard InChI is InChI=1S/C13H16N2/c1-9-3-2-4-13-12(9)7-10-5-6-11(8-14)15(10)13/h2-4,7,11H,5-6,8,14H2,1H3. The molecular formula is C13H16N2. The Hall–Kier alpha value is -1.28. The zero-order valence-electron chi connectivity index (χ0n) is 9.03. The molecule has 1 aliphatic heterocycles. The largest absolute Gasteiger partial charge is 0.340 e. The van der Waals surface area contributed by atoms with E-state index in [9.17, 15) is 0 Å². The van der Waals surface area contributed by atoms with Crippen LogP contribution in [0, 0.1) is 6.92 Å². The molecule has 2 heterocycles. The summed E-state index contributed by atoms with van der Waals surface area (Å²) in [5, 5.41) is 1.39. The first kappa shape index (κ1) is 8.98. The molecule has 0 saturated heterocycles. The van der Waals surface area contributed by atoms with E-state index in [1.54, 1.807) is 0 Å². The minimum Gasteiger partial charge on any atom is -0.340 e. The van der Waals surface area contributed by atoms with E-state index in [1.165, 1.54) is 35.0 Å². The first-order chi connectivity index (χ1) is 7.31. The summed E-state index contributed by atoms with van der Waals surface area (Å²) in [6, 6.07) is 9.37. The highest BCUT2D eigenvalue weighted by Crippen LogP contribution is 2.33. The first-order valence-electron chi connectivity index (χ1n) is 5.61. The second-order valence-electron chi connectivity index (χ2n) is 4.44. The van der Waals surface area contributed by atoms with Crippen LogP contribution in [0.3, 0.4) is 0 Å². The number of aromatic nitrogens is 1. The van der Waals surface area contributed by atoms with Crippen molar-refractivity contribution in [3.63, 3.8) is 0 Å². The molecule has 2 heteroatoms. The Kier molecular flexibility index (Phi) is 1.86. The van der Waals surface area contributed by atoms with Crippen molar-refractivity contribution in [2.24, 2.45) is 5.73 Å². The molecule has 78 valence electrons. The second kappa shape index (κ2) is 3.11. The van der Waals surface area contributed by atoms with Crippen molar-refractivity contribution in [2.45, 2.75) is 25.8 Å². The third-order valence-corrected chi connectivity index (χ3v) is 3.55. The molecule has 0 amide bonds. The van der Waals surface area contributed by atoms with E-state index in [-0.39, 0.29) is 0 Å². The number of hydrogen-bond acceptors (Lipinski definition) is 1. The van der Waals surface area contributed by atoms with E-state index in [2.05, 4.69) is 35.8 Å². The summed E-state index contributed by atoms with van der Waals surface area (Å²) >= 11 is 0. The van der Waals surface area contributed by atoms with Crippen LogP contribution in [0.15, 0.2) is 24.3 Å². The molecule has 1 aromatic heterocycles. The third kappa shape index (κ3) is 1.15. The zero-order valence-corrected chi connectivity index (χ0v) is 9.03. The highest BCUT2D eigenvalue weighted by atomic mass is 15.1. The minimum atomic E-state index is 0.513. The van der Waals surface area contributed by atoms with Gasteiger partial charge in [0.25, 0.3) is 0 Å². The topological polar surface area (TPSA) is 30.9 Å². The Labute approximate surface area is 89.7 Å². The maximum Gasteiger partial charge on any atom is 0.0488 e. The van der Waals surface area contributed by atoms with Gasteiger partial charge in [-0.2, -0.15) is 0 Å². The van der Waals surface area contributed by atoms with Crippen LogP contribution in [0.1, 0.15) is 23.7 Å². The molecule has 0 saturated carbocycles. The minimum absolute atomic E-state index is 0.513. The number of hydrogen-bond donors (Lipinski definition) is 1. The molecule has 1 atom stereocenters. The molecule has 2 aromatic rings. The molecule has 0 spiro atoms. The van der Waals surface area contributed by atoms with Crippen molar-refractivity contribution < 1.29 is 0 Å². The predicted molar refractivity (Wildman–Crippen MR) is 63.1 cm³/mol. The van der Waals surface area contributed by atoms with Gasteiger partial charge in [-0.05, 0) is 37.5 Å². The van der Waals surface area contributed by atoms with Gasteiger partial charge in [0.05, 0.1) is 0 Å². The Morgan fingerprint density at radius 1 is 1.47 bits per heavy atom. The lowest BCUT2D eigenvalue weighted by Gasteiger charge is -2.12. The van der Waals surface area contributed by atoms with Crippen LogP contribution in [-0.2, 0) is 6.42 Å². The second-order valence-corrected chi connectivity index (χ2v) is 4.44. The van der Waals surface area contributed by atoms with Gasteiger partial charge in [-0.3, -0.25) is 0 Å². The summed E-state index contributed by atoms with van der Waals surface area (Å²) in [6.07, 6.45) is 2.38. The SMILES string of the molecule is Cc1cccc2c1cc1n2C(CN)CC1. The summed E-state index contributed by atoms with van der Waals surface area (Å²) in [6.45, 7) is 2.93. The number of benzene rings is 1. The lowest BCUT2D eigenvalue weighted by Crippen LogP contribution is -2.15. The molecule has 1 aromatic carbocycles.